The second-order valence-corrected chi connectivity index (χ2v) is 16.5. The SMILES string of the molecule is c1ccc2c(c1)-c1ccccc1C21c2ccccc2-c2cc(-n3c4ccc5sc6ccccc6c5c4c4c5c(ccc43)sc3ccccc35)ccc21. The number of benzene rings is 8. The minimum atomic E-state index is -0.345. The monoisotopic (exact) mass is 693 g/mol. The molecular formula is C49H27NS2. The molecule has 13 rings (SSSR count). The van der Waals surface area contributed by atoms with Crippen LogP contribution in [0.2, 0.25) is 0 Å². The third-order valence-electron chi connectivity index (χ3n) is 12.0. The fourth-order valence-corrected chi connectivity index (χ4v) is 12.4. The van der Waals surface area contributed by atoms with Crippen LogP contribution in [0.4, 0.5) is 0 Å². The molecule has 3 aromatic heterocycles. The van der Waals surface area contributed by atoms with Crippen molar-refractivity contribution in [2.24, 2.45) is 0 Å². The van der Waals surface area contributed by atoms with Crippen molar-refractivity contribution in [3.63, 3.8) is 0 Å². The van der Waals surface area contributed by atoms with Crippen molar-refractivity contribution in [1.29, 1.82) is 0 Å². The van der Waals surface area contributed by atoms with Crippen molar-refractivity contribution >= 4 is 84.8 Å². The number of nitrogens with zero attached hydrogens (tertiary/aromatic N) is 1. The molecule has 3 heteroatoms. The first-order valence-electron chi connectivity index (χ1n) is 17.9. The number of rotatable bonds is 1. The van der Waals surface area contributed by atoms with Crippen LogP contribution in [-0.4, -0.2) is 4.57 Å². The fourth-order valence-electron chi connectivity index (χ4n) is 10.1. The summed E-state index contributed by atoms with van der Waals surface area (Å²) in [5, 5.41) is 8.13. The molecule has 1 nitrogen and oxygen atoms in total. The predicted molar refractivity (Wildman–Crippen MR) is 223 cm³/mol. The first kappa shape index (κ1) is 27.7. The molecule has 2 aliphatic carbocycles. The van der Waals surface area contributed by atoms with Gasteiger partial charge in [-0.25, -0.2) is 0 Å². The topological polar surface area (TPSA) is 4.93 Å². The summed E-state index contributed by atoms with van der Waals surface area (Å²) in [5.41, 5.74) is 14.2. The Bertz CT molecular complexity index is 3200. The largest absolute Gasteiger partial charge is 0.309 e. The van der Waals surface area contributed by atoms with E-state index in [0.29, 0.717) is 0 Å². The van der Waals surface area contributed by atoms with Crippen LogP contribution in [0, 0.1) is 0 Å². The second-order valence-electron chi connectivity index (χ2n) is 14.3. The minimum absolute atomic E-state index is 0.345. The Hall–Kier alpha value is -6.00. The fraction of sp³-hybridized carbons (Fsp3) is 0.0204. The van der Waals surface area contributed by atoms with Crippen LogP contribution in [0.25, 0.3) is 90.1 Å². The van der Waals surface area contributed by atoms with Gasteiger partial charge in [-0.15, -0.1) is 22.7 Å². The molecule has 1 spiro atoms. The molecule has 2 aliphatic rings. The molecule has 0 amide bonds. The molecule has 0 fully saturated rings. The highest BCUT2D eigenvalue weighted by Gasteiger charge is 2.51. The molecule has 52 heavy (non-hydrogen) atoms. The molecule has 8 aromatic carbocycles. The van der Waals surface area contributed by atoms with E-state index in [1.165, 1.54) is 112 Å². The zero-order valence-electron chi connectivity index (χ0n) is 27.9. The van der Waals surface area contributed by atoms with E-state index in [9.17, 15) is 0 Å². The summed E-state index contributed by atoms with van der Waals surface area (Å²) in [6.07, 6.45) is 0. The van der Waals surface area contributed by atoms with E-state index in [1.54, 1.807) is 0 Å². The van der Waals surface area contributed by atoms with Crippen LogP contribution < -0.4 is 0 Å². The van der Waals surface area contributed by atoms with Crippen LogP contribution in [0.5, 0.6) is 0 Å². The summed E-state index contributed by atoms with van der Waals surface area (Å²) >= 11 is 3.81. The van der Waals surface area contributed by atoms with E-state index >= 15 is 0 Å². The van der Waals surface area contributed by atoms with Gasteiger partial charge in [-0.1, -0.05) is 115 Å². The molecule has 0 bridgehead atoms. The Morgan fingerprint density at radius 1 is 0.346 bits per heavy atom. The lowest BCUT2D eigenvalue weighted by Crippen LogP contribution is -2.25. The van der Waals surface area contributed by atoms with Gasteiger partial charge in [0, 0.05) is 56.8 Å². The van der Waals surface area contributed by atoms with Crippen molar-refractivity contribution < 1.29 is 0 Å². The Kier molecular flexibility index (Phi) is 5.14. The van der Waals surface area contributed by atoms with Crippen molar-refractivity contribution in [1.82, 2.24) is 4.57 Å². The van der Waals surface area contributed by atoms with Gasteiger partial charge in [0.2, 0.25) is 0 Å². The number of aromatic nitrogens is 1. The zero-order chi connectivity index (χ0) is 33.7. The zero-order valence-corrected chi connectivity index (χ0v) is 29.5. The van der Waals surface area contributed by atoms with Gasteiger partial charge in [-0.05, 0) is 93.0 Å². The first-order chi connectivity index (χ1) is 25.8. The lowest BCUT2D eigenvalue weighted by Gasteiger charge is -2.30. The van der Waals surface area contributed by atoms with E-state index in [-0.39, 0.29) is 5.41 Å². The molecule has 0 radical (unpaired) electrons. The van der Waals surface area contributed by atoms with Gasteiger partial charge in [-0.2, -0.15) is 0 Å². The predicted octanol–water partition coefficient (Wildman–Crippen LogP) is 13.9. The lowest BCUT2D eigenvalue weighted by atomic mass is 9.70. The van der Waals surface area contributed by atoms with Gasteiger partial charge in [0.15, 0.2) is 0 Å². The summed E-state index contributed by atoms with van der Waals surface area (Å²) in [6.45, 7) is 0. The van der Waals surface area contributed by atoms with Crippen molar-refractivity contribution in [3.8, 4) is 27.9 Å². The van der Waals surface area contributed by atoms with Gasteiger partial charge < -0.3 is 4.57 Å². The van der Waals surface area contributed by atoms with E-state index in [1.807, 2.05) is 22.7 Å². The van der Waals surface area contributed by atoms with Crippen LogP contribution in [0.3, 0.4) is 0 Å². The van der Waals surface area contributed by atoms with Crippen molar-refractivity contribution in [2.75, 3.05) is 0 Å². The number of thiophene rings is 2. The molecule has 11 aromatic rings. The van der Waals surface area contributed by atoms with E-state index in [2.05, 4.69) is 168 Å². The van der Waals surface area contributed by atoms with Gasteiger partial charge in [-0.3, -0.25) is 0 Å². The van der Waals surface area contributed by atoms with E-state index < -0.39 is 0 Å². The third kappa shape index (κ3) is 3.18. The van der Waals surface area contributed by atoms with Crippen molar-refractivity contribution in [2.45, 2.75) is 5.41 Å². The Labute approximate surface area is 307 Å². The summed E-state index contributed by atoms with van der Waals surface area (Å²) < 4.78 is 7.90. The smallest absolute Gasteiger partial charge is 0.0725 e. The van der Waals surface area contributed by atoms with Crippen LogP contribution in [-0.2, 0) is 5.41 Å². The Morgan fingerprint density at radius 3 is 1.33 bits per heavy atom. The maximum Gasteiger partial charge on any atom is 0.0725 e. The van der Waals surface area contributed by atoms with Gasteiger partial charge >= 0.3 is 0 Å². The highest BCUT2D eigenvalue weighted by atomic mass is 32.1. The summed E-state index contributed by atoms with van der Waals surface area (Å²) in [7, 11) is 0. The highest BCUT2D eigenvalue weighted by molar-refractivity contribution is 7.26. The summed E-state index contributed by atoms with van der Waals surface area (Å²) in [4.78, 5) is 0. The summed E-state index contributed by atoms with van der Waals surface area (Å²) in [5.74, 6) is 0. The second kappa shape index (κ2) is 9.65. The number of fused-ring (bicyclic) bond motifs is 21. The molecule has 0 saturated carbocycles. The van der Waals surface area contributed by atoms with Crippen molar-refractivity contribution in [3.05, 3.63) is 186 Å². The Morgan fingerprint density at radius 2 is 0.788 bits per heavy atom. The minimum Gasteiger partial charge on any atom is -0.309 e. The highest BCUT2D eigenvalue weighted by Crippen LogP contribution is 2.63. The normalized spacial score (nSPS) is 13.9. The summed E-state index contributed by atoms with van der Waals surface area (Å²) in [6, 6.07) is 61.9. The maximum absolute atomic E-state index is 2.55. The van der Waals surface area contributed by atoms with Crippen LogP contribution in [0.1, 0.15) is 22.3 Å². The number of hydrogen-bond acceptors (Lipinski definition) is 2. The molecule has 0 aliphatic heterocycles. The van der Waals surface area contributed by atoms with Gasteiger partial charge in [0.05, 0.1) is 16.4 Å². The molecule has 0 saturated heterocycles. The first-order valence-corrected chi connectivity index (χ1v) is 19.6. The van der Waals surface area contributed by atoms with Gasteiger partial charge in [0.1, 0.15) is 0 Å². The average Bonchev–Trinajstić information content (AvgIpc) is 3.99. The lowest BCUT2D eigenvalue weighted by molar-refractivity contribution is 0.793. The molecule has 240 valence electrons. The van der Waals surface area contributed by atoms with Crippen LogP contribution in [0.15, 0.2) is 164 Å². The van der Waals surface area contributed by atoms with Gasteiger partial charge in [0.25, 0.3) is 0 Å². The molecule has 0 atom stereocenters. The quantitative estimate of drug-likeness (QED) is 0.161. The molecule has 0 N–H and O–H groups in total. The molecule has 3 heterocycles. The molecular weight excluding hydrogens is 667 g/mol. The van der Waals surface area contributed by atoms with E-state index in [0.717, 1.165) is 0 Å². The molecule has 0 unspecified atom stereocenters. The number of hydrogen-bond donors (Lipinski definition) is 0. The third-order valence-corrected chi connectivity index (χ3v) is 14.3. The average molecular weight is 694 g/mol. The van der Waals surface area contributed by atoms with E-state index in [4.69, 9.17) is 0 Å². The maximum atomic E-state index is 2.55. The standard InChI is InChI=1S/C49H27NS2/c1-6-16-35-29(11-1)30-12-2-7-17-36(30)49(35)37-18-8-3-13-31(37)34-27-28(21-22-38(34)49)50-39-23-25-43-45(32-14-4-9-19-41(32)51-43)47(39)48-40(50)24-26-44-46(48)33-15-5-10-20-42(33)52-44/h1-27H. The van der Waals surface area contributed by atoms with Crippen LogP contribution >= 0.6 is 22.7 Å². The Balaban J connectivity index is 1.18.